The minimum atomic E-state index is -0.0596. The van der Waals surface area contributed by atoms with E-state index in [2.05, 4.69) is 9.80 Å². The lowest BCUT2D eigenvalue weighted by Gasteiger charge is -2.50. The summed E-state index contributed by atoms with van der Waals surface area (Å²) in [7, 11) is 0. The molecule has 2 unspecified atom stereocenters. The summed E-state index contributed by atoms with van der Waals surface area (Å²) in [6, 6.07) is 0.440. The van der Waals surface area contributed by atoms with E-state index in [1.807, 2.05) is 0 Å². The van der Waals surface area contributed by atoms with Crippen LogP contribution in [0.5, 0.6) is 0 Å². The Balaban J connectivity index is 1.65. The Labute approximate surface area is 92.1 Å². The van der Waals surface area contributed by atoms with E-state index in [-0.39, 0.29) is 6.10 Å². The fourth-order valence-electron chi connectivity index (χ4n) is 3.59. The Morgan fingerprint density at radius 1 is 1.00 bits per heavy atom. The Morgan fingerprint density at radius 3 is 2.20 bits per heavy atom. The maximum absolute atomic E-state index is 10.4. The molecule has 0 aromatic heterocycles. The van der Waals surface area contributed by atoms with Crippen LogP contribution in [-0.2, 0) is 0 Å². The summed E-state index contributed by atoms with van der Waals surface area (Å²) in [5, 5.41) is 10.4. The Hall–Kier alpha value is -0.120. The van der Waals surface area contributed by atoms with Crippen LogP contribution in [-0.4, -0.2) is 59.8 Å². The lowest BCUT2D eigenvalue weighted by molar-refractivity contribution is -0.0639. The highest BCUT2D eigenvalue weighted by atomic mass is 16.3. The van der Waals surface area contributed by atoms with E-state index in [1.165, 1.54) is 51.9 Å². The molecular formula is C12H22N2O. The van der Waals surface area contributed by atoms with Crippen molar-refractivity contribution in [2.75, 3.05) is 32.7 Å². The van der Waals surface area contributed by atoms with Crippen molar-refractivity contribution in [3.63, 3.8) is 0 Å². The quantitative estimate of drug-likeness (QED) is 0.720. The number of aliphatic hydroxyl groups excluding tert-OH is 1. The lowest BCUT2D eigenvalue weighted by Crippen LogP contribution is -2.65. The minimum Gasteiger partial charge on any atom is -0.391 e. The molecule has 15 heavy (non-hydrogen) atoms. The van der Waals surface area contributed by atoms with Gasteiger partial charge in [-0.05, 0) is 18.8 Å². The second-order valence-corrected chi connectivity index (χ2v) is 5.44. The summed E-state index contributed by atoms with van der Waals surface area (Å²) in [5.41, 5.74) is 0. The molecule has 3 saturated heterocycles. The van der Waals surface area contributed by atoms with E-state index in [1.54, 1.807) is 0 Å². The van der Waals surface area contributed by atoms with Crippen molar-refractivity contribution in [1.29, 1.82) is 0 Å². The SMILES string of the molecule is OC(C1CCCC1)C1CN2CCN1CC2. The second kappa shape index (κ2) is 4.04. The molecule has 0 spiro atoms. The molecule has 0 amide bonds. The monoisotopic (exact) mass is 210 g/mol. The van der Waals surface area contributed by atoms with Crippen molar-refractivity contribution in [1.82, 2.24) is 9.80 Å². The van der Waals surface area contributed by atoms with Gasteiger partial charge in [0.1, 0.15) is 0 Å². The third-order valence-corrected chi connectivity index (χ3v) is 4.60. The van der Waals surface area contributed by atoms with Crippen LogP contribution in [0.1, 0.15) is 25.7 Å². The number of hydrogen-bond donors (Lipinski definition) is 1. The van der Waals surface area contributed by atoms with Crippen LogP contribution in [0.25, 0.3) is 0 Å². The van der Waals surface area contributed by atoms with Gasteiger partial charge in [-0.1, -0.05) is 12.8 Å². The summed E-state index contributed by atoms with van der Waals surface area (Å²) in [5.74, 6) is 0.593. The van der Waals surface area contributed by atoms with Gasteiger partial charge in [-0.25, -0.2) is 0 Å². The van der Waals surface area contributed by atoms with Crippen molar-refractivity contribution in [2.24, 2.45) is 5.92 Å². The van der Waals surface area contributed by atoms with Crippen LogP contribution in [0, 0.1) is 5.92 Å². The van der Waals surface area contributed by atoms with Crippen molar-refractivity contribution < 1.29 is 5.11 Å². The zero-order valence-electron chi connectivity index (χ0n) is 9.44. The van der Waals surface area contributed by atoms with Gasteiger partial charge in [-0.15, -0.1) is 0 Å². The van der Waals surface area contributed by atoms with Crippen LogP contribution in [0.3, 0.4) is 0 Å². The number of piperazine rings is 3. The van der Waals surface area contributed by atoms with Crippen LogP contribution in [0.15, 0.2) is 0 Å². The zero-order chi connectivity index (χ0) is 10.3. The van der Waals surface area contributed by atoms with Gasteiger partial charge in [0.15, 0.2) is 0 Å². The van der Waals surface area contributed by atoms with Crippen molar-refractivity contribution >= 4 is 0 Å². The van der Waals surface area contributed by atoms with Gasteiger partial charge in [0.05, 0.1) is 6.10 Å². The molecule has 0 radical (unpaired) electrons. The summed E-state index contributed by atoms with van der Waals surface area (Å²) >= 11 is 0. The van der Waals surface area contributed by atoms with Gasteiger partial charge in [-0.2, -0.15) is 0 Å². The third kappa shape index (κ3) is 1.81. The zero-order valence-corrected chi connectivity index (χ0v) is 9.44. The smallest absolute Gasteiger partial charge is 0.0735 e. The first-order valence-electron chi connectivity index (χ1n) is 6.49. The van der Waals surface area contributed by atoms with Gasteiger partial charge in [0.2, 0.25) is 0 Å². The predicted molar refractivity (Wildman–Crippen MR) is 59.8 cm³/mol. The van der Waals surface area contributed by atoms with E-state index < -0.39 is 0 Å². The molecular weight excluding hydrogens is 188 g/mol. The molecule has 1 saturated carbocycles. The molecule has 2 atom stereocenters. The average Bonchev–Trinajstić information content (AvgIpc) is 2.83. The summed E-state index contributed by atoms with van der Waals surface area (Å²) in [6.07, 6.45) is 5.11. The predicted octanol–water partition coefficient (Wildman–Crippen LogP) is 0.537. The van der Waals surface area contributed by atoms with Gasteiger partial charge in [0.25, 0.3) is 0 Å². The van der Waals surface area contributed by atoms with Crippen LogP contribution in [0.2, 0.25) is 0 Å². The average molecular weight is 210 g/mol. The molecule has 3 aliphatic heterocycles. The number of hydrogen-bond acceptors (Lipinski definition) is 3. The first-order valence-corrected chi connectivity index (χ1v) is 6.49. The highest BCUT2D eigenvalue weighted by Gasteiger charge is 2.39. The summed E-state index contributed by atoms with van der Waals surface area (Å²) in [6.45, 7) is 5.89. The molecule has 2 bridgehead atoms. The number of rotatable bonds is 2. The van der Waals surface area contributed by atoms with E-state index in [9.17, 15) is 5.11 Å². The van der Waals surface area contributed by atoms with Crippen molar-refractivity contribution in [2.45, 2.75) is 37.8 Å². The largest absolute Gasteiger partial charge is 0.391 e. The summed E-state index contributed by atoms with van der Waals surface area (Å²) < 4.78 is 0. The van der Waals surface area contributed by atoms with Gasteiger partial charge in [-0.3, -0.25) is 9.80 Å². The van der Waals surface area contributed by atoms with E-state index in [0.29, 0.717) is 12.0 Å². The van der Waals surface area contributed by atoms with E-state index in [0.717, 1.165) is 6.54 Å². The van der Waals surface area contributed by atoms with Gasteiger partial charge in [0, 0.05) is 38.8 Å². The Bertz CT molecular complexity index is 220. The van der Waals surface area contributed by atoms with E-state index >= 15 is 0 Å². The molecule has 3 heteroatoms. The van der Waals surface area contributed by atoms with E-state index in [4.69, 9.17) is 0 Å². The summed E-state index contributed by atoms with van der Waals surface area (Å²) in [4.78, 5) is 5.03. The van der Waals surface area contributed by atoms with Crippen molar-refractivity contribution in [3.8, 4) is 0 Å². The molecule has 0 aromatic carbocycles. The molecule has 1 N–H and O–H groups in total. The van der Waals surface area contributed by atoms with Crippen LogP contribution >= 0.6 is 0 Å². The number of aliphatic hydroxyl groups is 1. The molecule has 4 rings (SSSR count). The lowest BCUT2D eigenvalue weighted by atomic mass is 9.91. The number of fused-ring (bicyclic) bond motifs is 3. The Kier molecular flexibility index (Phi) is 2.71. The maximum atomic E-state index is 10.4. The first-order chi connectivity index (χ1) is 7.34. The Morgan fingerprint density at radius 2 is 1.67 bits per heavy atom. The highest BCUT2D eigenvalue weighted by Crippen LogP contribution is 2.32. The fraction of sp³-hybridized carbons (Fsp3) is 1.00. The van der Waals surface area contributed by atoms with Crippen LogP contribution < -0.4 is 0 Å². The minimum absolute atomic E-state index is 0.0596. The van der Waals surface area contributed by atoms with Crippen molar-refractivity contribution in [3.05, 3.63) is 0 Å². The maximum Gasteiger partial charge on any atom is 0.0735 e. The standard InChI is InChI=1S/C12H22N2O/c15-12(10-3-1-2-4-10)11-9-13-5-7-14(11)8-6-13/h10-12,15H,1-9H2. The fourth-order valence-corrected chi connectivity index (χ4v) is 3.59. The normalized spacial score (nSPS) is 43.4. The number of nitrogens with zero attached hydrogens (tertiary/aromatic N) is 2. The molecule has 4 fully saturated rings. The second-order valence-electron chi connectivity index (χ2n) is 5.44. The van der Waals surface area contributed by atoms with Crippen LogP contribution in [0.4, 0.5) is 0 Å². The molecule has 4 aliphatic rings. The third-order valence-electron chi connectivity index (χ3n) is 4.60. The molecule has 86 valence electrons. The van der Waals surface area contributed by atoms with Gasteiger partial charge < -0.3 is 5.11 Å². The molecule has 1 aliphatic carbocycles. The molecule has 3 heterocycles. The first kappa shape index (κ1) is 10.1. The highest BCUT2D eigenvalue weighted by molar-refractivity contribution is 4.94. The van der Waals surface area contributed by atoms with Gasteiger partial charge >= 0.3 is 0 Å². The molecule has 3 nitrogen and oxygen atoms in total. The molecule has 0 aromatic rings. The topological polar surface area (TPSA) is 26.7 Å².